The first kappa shape index (κ1) is 14.3. The Morgan fingerprint density at radius 1 is 1.47 bits per heavy atom. The van der Waals surface area contributed by atoms with Crippen LogP contribution in [0.25, 0.3) is 0 Å². The van der Waals surface area contributed by atoms with Crippen molar-refractivity contribution in [3.8, 4) is 5.75 Å². The molecule has 0 aromatic heterocycles. The van der Waals surface area contributed by atoms with E-state index in [4.69, 9.17) is 10.6 Å². The maximum atomic E-state index is 11.4. The number of hydrogen-bond acceptors (Lipinski definition) is 5. The maximum Gasteiger partial charge on any atom is 0.149 e. The third kappa shape index (κ3) is 3.92. The molecular weight excluding hydrogens is 264 g/mol. The monoisotopic (exact) mass is 284 g/mol. The predicted octanol–water partition coefficient (Wildman–Crippen LogP) is 0.819. The summed E-state index contributed by atoms with van der Waals surface area (Å²) in [7, 11) is -3.04. The van der Waals surface area contributed by atoms with Crippen molar-refractivity contribution in [2.75, 3.05) is 18.6 Å². The number of sulfone groups is 1. The Bertz CT molecular complexity index is 530. The van der Waals surface area contributed by atoms with E-state index in [0.29, 0.717) is 13.0 Å². The molecule has 0 radical (unpaired) electrons. The van der Waals surface area contributed by atoms with E-state index in [-0.39, 0.29) is 17.7 Å². The number of nitrogens with two attached hydrogens (primary N) is 1. The van der Waals surface area contributed by atoms with Gasteiger partial charge in [-0.15, -0.1) is 0 Å². The zero-order chi connectivity index (χ0) is 13.9. The lowest BCUT2D eigenvalue weighted by Crippen LogP contribution is -2.41. The second-order valence-corrected chi connectivity index (χ2v) is 7.25. The molecule has 0 fully saturated rings. The van der Waals surface area contributed by atoms with Crippen LogP contribution < -0.4 is 16.0 Å². The first-order chi connectivity index (χ1) is 8.99. The molecule has 0 amide bonds. The van der Waals surface area contributed by atoms with E-state index in [1.54, 1.807) is 0 Å². The smallest absolute Gasteiger partial charge is 0.149 e. The fourth-order valence-corrected chi connectivity index (χ4v) is 3.52. The minimum absolute atomic E-state index is 0.0586. The molecule has 6 heteroatoms. The van der Waals surface area contributed by atoms with Gasteiger partial charge in [-0.05, 0) is 30.4 Å². The Morgan fingerprint density at radius 3 is 2.89 bits per heavy atom. The second kappa shape index (κ2) is 5.90. The molecule has 3 N–H and O–H groups in total. The van der Waals surface area contributed by atoms with Crippen molar-refractivity contribution >= 4 is 9.84 Å². The van der Waals surface area contributed by atoms with Gasteiger partial charge in [0.25, 0.3) is 0 Å². The number of rotatable bonds is 5. The Hall–Kier alpha value is -1.11. The molecule has 0 aliphatic carbocycles. The van der Waals surface area contributed by atoms with E-state index < -0.39 is 9.84 Å². The first-order valence-electron chi connectivity index (χ1n) is 6.35. The molecule has 0 spiro atoms. The summed E-state index contributed by atoms with van der Waals surface area (Å²) in [5, 5.41) is 0. The zero-order valence-corrected chi connectivity index (χ0v) is 11.8. The number of hydrogen-bond donors (Lipinski definition) is 2. The van der Waals surface area contributed by atoms with Crippen molar-refractivity contribution in [2.24, 2.45) is 5.84 Å². The van der Waals surface area contributed by atoms with Crippen LogP contribution in [0, 0.1) is 0 Å². The summed E-state index contributed by atoms with van der Waals surface area (Å²) in [6.45, 7) is 0.665. The molecule has 106 valence electrons. The number of ether oxygens (including phenoxy) is 1. The molecule has 1 aromatic rings. The van der Waals surface area contributed by atoms with Crippen LogP contribution in [0.1, 0.15) is 24.3 Å². The van der Waals surface area contributed by atoms with Crippen LogP contribution in [-0.4, -0.2) is 33.1 Å². The lowest BCUT2D eigenvalue weighted by atomic mass is 9.88. The number of para-hydroxylation sites is 1. The van der Waals surface area contributed by atoms with Crippen molar-refractivity contribution in [1.29, 1.82) is 0 Å². The fourth-order valence-electron chi connectivity index (χ4n) is 2.55. The standard InChI is InChI=1S/C13H20N2O3S/c1-19(16,17)9-11(15-14)8-10-6-7-18-13-5-3-2-4-12(10)13/h2-5,10-11,15H,6-9,14H2,1H3. The van der Waals surface area contributed by atoms with Crippen LogP contribution in [0.5, 0.6) is 5.75 Å². The summed E-state index contributed by atoms with van der Waals surface area (Å²) >= 11 is 0. The van der Waals surface area contributed by atoms with Crippen LogP contribution in [0.2, 0.25) is 0 Å². The van der Waals surface area contributed by atoms with Gasteiger partial charge in [-0.1, -0.05) is 18.2 Å². The SMILES string of the molecule is CS(=O)(=O)CC(CC1CCOc2ccccc21)NN. The molecule has 2 unspecified atom stereocenters. The van der Waals surface area contributed by atoms with E-state index in [2.05, 4.69) is 5.43 Å². The highest BCUT2D eigenvalue weighted by Gasteiger charge is 2.25. The molecule has 1 heterocycles. The van der Waals surface area contributed by atoms with Crippen molar-refractivity contribution in [2.45, 2.75) is 24.8 Å². The minimum atomic E-state index is -3.04. The number of hydrazine groups is 1. The number of benzene rings is 1. The molecule has 0 bridgehead atoms. The van der Waals surface area contributed by atoms with Gasteiger partial charge >= 0.3 is 0 Å². The summed E-state index contributed by atoms with van der Waals surface area (Å²) in [4.78, 5) is 0. The summed E-state index contributed by atoms with van der Waals surface area (Å²) < 4.78 is 28.3. The Kier molecular flexibility index (Phi) is 4.44. The van der Waals surface area contributed by atoms with Gasteiger partial charge < -0.3 is 4.74 Å². The summed E-state index contributed by atoms with van der Waals surface area (Å²) in [5.41, 5.74) is 3.76. The van der Waals surface area contributed by atoms with E-state index in [0.717, 1.165) is 17.7 Å². The quantitative estimate of drug-likeness (QED) is 0.618. The molecule has 5 nitrogen and oxygen atoms in total. The topological polar surface area (TPSA) is 81.4 Å². The van der Waals surface area contributed by atoms with Crippen molar-refractivity contribution < 1.29 is 13.2 Å². The van der Waals surface area contributed by atoms with E-state index in [1.165, 1.54) is 6.26 Å². The molecule has 1 aromatic carbocycles. The highest BCUT2D eigenvalue weighted by Crippen LogP contribution is 2.36. The Balaban J connectivity index is 2.11. The molecule has 2 atom stereocenters. The van der Waals surface area contributed by atoms with Gasteiger partial charge in [0.2, 0.25) is 0 Å². The van der Waals surface area contributed by atoms with Gasteiger partial charge in [-0.3, -0.25) is 11.3 Å². The minimum Gasteiger partial charge on any atom is -0.493 e. The average molecular weight is 284 g/mol. The third-order valence-corrected chi connectivity index (χ3v) is 4.40. The predicted molar refractivity (Wildman–Crippen MR) is 74.7 cm³/mol. The molecule has 2 rings (SSSR count). The molecule has 1 aliphatic heterocycles. The fraction of sp³-hybridized carbons (Fsp3) is 0.538. The van der Waals surface area contributed by atoms with E-state index in [9.17, 15) is 8.42 Å². The van der Waals surface area contributed by atoms with Gasteiger partial charge in [-0.2, -0.15) is 0 Å². The maximum absolute atomic E-state index is 11.4. The molecule has 1 aliphatic rings. The highest BCUT2D eigenvalue weighted by atomic mass is 32.2. The van der Waals surface area contributed by atoms with Crippen molar-refractivity contribution in [3.05, 3.63) is 29.8 Å². The van der Waals surface area contributed by atoms with E-state index in [1.807, 2.05) is 24.3 Å². The molecular formula is C13H20N2O3S. The lowest BCUT2D eigenvalue weighted by Gasteiger charge is -2.28. The largest absolute Gasteiger partial charge is 0.493 e. The van der Waals surface area contributed by atoms with Gasteiger partial charge in [0, 0.05) is 12.3 Å². The normalized spacial score (nSPS) is 20.4. The number of fused-ring (bicyclic) bond motifs is 1. The van der Waals surface area contributed by atoms with Crippen LogP contribution in [0.4, 0.5) is 0 Å². The average Bonchev–Trinajstić information content (AvgIpc) is 2.37. The third-order valence-electron chi connectivity index (χ3n) is 3.39. The number of nitrogens with one attached hydrogen (secondary N) is 1. The van der Waals surface area contributed by atoms with Crippen LogP contribution in [-0.2, 0) is 9.84 Å². The van der Waals surface area contributed by atoms with Crippen molar-refractivity contribution in [3.63, 3.8) is 0 Å². The zero-order valence-electron chi connectivity index (χ0n) is 11.0. The van der Waals surface area contributed by atoms with Gasteiger partial charge in [0.05, 0.1) is 12.4 Å². The first-order valence-corrected chi connectivity index (χ1v) is 8.41. The molecule has 0 saturated heterocycles. The van der Waals surface area contributed by atoms with Crippen LogP contribution in [0.15, 0.2) is 24.3 Å². The van der Waals surface area contributed by atoms with Crippen LogP contribution >= 0.6 is 0 Å². The Labute approximate surface area is 114 Å². The van der Waals surface area contributed by atoms with Crippen LogP contribution in [0.3, 0.4) is 0 Å². The second-order valence-electron chi connectivity index (χ2n) is 5.06. The van der Waals surface area contributed by atoms with Gasteiger partial charge in [0.15, 0.2) is 0 Å². The Morgan fingerprint density at radius 2 is 2.21 bits per heavy atom. The highest BCUT2D eigenvalue weighted by molar-refractivity contribution is 7.90. The van der Waals surface area contributed by atoms with E-state index >= 15 is 0 Å². The summed E-state index contributed by atoms with van der Waals surface area (Å²) in [6.07, 6.45) is 2.82. The lowest BCUT2D eigenvalue weighted by molar-refractivity contribution is 0.257. The van der Waals surface area contributed by atoms with Crippen molar-refractivity contribution in [1.82, 2.24) is 5.43 Å². The molecule has 0 saturated carbocycles. The summed E-state index contributed by atoms with van der Waals surface area (Å²) in [6, 6.07) is 7.67. The molecule has 19 heavy (non-hydrogen) atoms. The summed E-state index contributed by atoms with van der Waals surface area (Å²) in [5.74, 6) is 6.71. The van der Waals surface area contributed by atoms with Gasteiger partial charge in [0.1, 0.15) is 15.6 Å². The van der Waals surface area contributed by atoms with Gasteiger partial charge in [-0.25, -0.2) is 8.42 Å².